The van der Waals surface area contributed by atoms with E-state index in [1.165, 1.54) is 12.1 Å². The number of carboxylic acids is 1. The van der Waals surface area contributed by atoms with Crippen molar-refractivity contribution in [3.05, 3.63) is 42.5 Å². The summed E-state index contributed by atoms with van der Waals surface area (Å²) in [6.07, 6.45) is -0.791. The molecular weight excluding hydrogens is 436 g/mol. The zero-order chi connectivity index (χ0) is 24.1. The van der Waals surface area contributed by atoms with Crippen LogP contribution in [0.1, 0.15) is 34.1 Å². The summed E-state index contributed by atoms with van der Waals surface area (Å²) in [4.78, 5) is 37.6. The second-order valence-electron chi connectivity index (χ2n) is 8.18. The van der Waals surface area contributed by atoms with Gasteiger partial charge in [0.15, 0.2) is 0 Å². The Bertz CT molecular complexity index is 1110. The van der Waals surface area contributed by atoms with E-state index in [2.05, 4.69) is 4.72 Å². The van der Waals surface area contributed by atoms with Crippen LogP contribution in [0.25, 0.3) is 10.8 Å². The number of esters is 1. The van der Waals surface area contributed by atoms with E-state index in [1.807, 2.05) is 12.1 Å². The summed E-state index contributed by atoms with van der Waals surface area (Å²) >= 11 is 0. The molecule has 0 spiro atoms. The molecule has 10 heteroatoms. The molecule has 174 valence electrons. The Labute approximate surface area is 187 Å². The van der Waals surface area contributed by atoms with E-state index in [0.29, 0.717) is 5.39 Å². The molecule has 0 unspecified atom stereocenters. The monoisotopic (exact) mass is 464 g/mol. The first kappa shape index (κ1) is 25.3. The molecule has 2 rings (SSSR count). The highest BCUT2D eigenvalue weighted by atomic mass is 32.2. The van der Waals surface area contributed by atoms with Crippen molar-refractivity contribution in [1.82, 2.24) is 9.62 Å². The first-order chi connectivity index (χ1) is 14.8. The van der Waals surface area contributed by atoms with Crippen molar-refractivity contribution in [3.63, 3.8) is 0 Å². The molecule has 0 saturated carbocycles. The first-order valence-electron chi connectivity index (χ1n) is 10.0. The molecule has 1 amide bonds. The van der Waals surface area contributed by atoms with Gasteiger partial charge < -0.3 is 14.7 Å². The number of benzene rings is 2. The lowest BCUT2D eigenvalue weighted by Crippen LogP contribution is -2.56. The average Bonchev–Trinajstić information content (AvgIpc) is 2.69. The Hall–Kier alpha value is -2.98. The highest BCUT2D eigenvalue weighted by Gasteiger charge is 2.37. The fourth-order valence-electron chi connectivity index (χ4n) is 3.11. The van der Waals surface area contributed by atoms with Gasteiger partial charge in [-0.25, -0.2) is 8.42 Å². The molecule has 0 aromatic heterocycles. The molecule has 2 aromatic carbocycles. The third-order valence-electron chi connectivity index (χ3n) is 4.67. The highest BCUT2D eigenvalue weighted by Crippen LogP contribution is 2.21. The molecule has 0 radical (unpaired) electrons. The second kappa shape index (κ2) is 10.1. The van der Waals surface area contributed by atoms with E-state index in [9.17, 15) is 27.9 Å². The minimum absolute atomic E-state index is 0.105. The lowest BCUT2D eigenvalue weighted by molar-refractivity contribution is -0.153. The Morgan fingerprint density at radius 2 is 1.72 bits per heavy atom. The lowest BCUT2D eigenvalue weighted by Gasteiger charge is -2.37. The summed E-state index contributed by atoms with van der Waals surface area (Å²) < 4.78 is 33.1. The van der Waals surface area contributed by atoms with Crippen LogP contribution in [0, 0.1) is 0 Å². The maximum atomic E-state index is 13.2. The van der Waals surface area contributed by atoms with E-state index >= 15 is 0 Å². The smallest absolute Gasteiger partial charge is 0.325 e. The van der Waals surface area contributed by atoms with Crippen LogP contribution in [0.3, 0.4) is 0 Å². The van der Waals surface area contributed by atoms with Crippen LogP contribution in [-0.2, 0) is 29.1 Å². The minimum atomic E-state index is -4.24. The van der Waals surface area contributed by atoms with Gasteiger partial charge in [0.2, 0.25) is 15.9 Å². The van der Waals surface area contributed by atoms with Crippen LogP contribution >= 0.6 is 0 Å². The number of carbonyl (C=O) groups excluding carboxylic acids is 2. The van der Waals surface area contributed by atoms with E-state index in [1.54, 1.807) is 45.9 Å². The fourth-order valence-corrected chi connectivity index (χ4v) is 4.34. The number of ether oxygens (including phenoxy) is 1. The van der Waals surface area contributed by atoms with Crippen LogP contribution in [0.15, 0.2) is 47.4 Å². The van der Waals surface area contributed by atoms with Crippen molar-refractivity contribution in [2.45, 2.75) is 50.6 Å². The molecule has 0 fully saturated rings. The van der Waals surface area contributed by atoms with E-state index in [-0.39, 0.29) is 11.5 Å². The number of carbonyl (C=O) groups is 3. The normalized spacial score (nSPS) is 12.9. The number of carboxylic acid groups (broad SMARTS) is 1. The van der Waals surface area contributed by atoms with Gasteiger partial charge in [0.05, 0.1) is 17.9 Å². The van der Waals surface area contributed by atoms with Crippen LogP contribution in [0.5, 0.6) is 0 Å². The van der Waals surface area contributed by atoms with Crippen molar-refractivity contribution in [2.75, 3.05) is 13.2 Å². The molecule has 2 N–H and O–H groups in total. The minimum Gasteiger partial charge on any atom is -0.481 e. The zero-order valence-electron chi connectivity index (χ0n) is 18.5. The van der Waals surface area contributed by atoms with Crippen molar-refractivity contribution < 1.29 is 32.6 Å². The van der Waals surface area contributed by atoms with E-state index < -0.39 is 52.4 Å². The number of nitrogens with one attached hydrogen (secondary N) is 1. The molecule has 1 atom stereocenters. The molecule has 32 heavy (non-hydrogen) atoms. The van der Waals surface area contributed by atoms with Crippen molar-refractivity contribution >= 4 is 38.6 Å². The topological polar surface area (TPSA) is 130 Å². The molecule has 0 saturated heterocycles. The maximum Gasteiger partial charge on any atom is 0.325 e. The van der Waals surface area contributed by atoms with Crippen molar-refractivity contribution in [2.24, 2.45) is 0 Å². The zero-order valence-corrected chi connectivity index (χ0v) is 19.3. The number of fused-ring (bicyclic) bond motifs is 1. The van der Waals surface area contributed by atoms with E-state index in [0.717, 1.165) is 10.3 Å². The summed E-state index contributed by atoms with van der Waals surface area (Å²) in [5.74, 6) is -2.88. The first-order valence-corrected chi connectivity index (χ1v) is 11.5. The summed E-state index contributed by atoms with van der Waals surface area (Å²) in [6, 6.07) is 9.99. The van der Waals surface area contributed by atoms with Crippen LogP contribution in [0.4, 0.5) is 0 Å². The maximum absolute atomic E-state index is 13.2. The van der Waals surface area contributed by atoms with Gasteiger partial charge in [-0.15, -0.1) is 0 Å². The third-order valence-corrected chi connectivity index (χ3v) is 6.14. The number of rotatable bonds is 9. The van der Waals surface area contributed by atoms with Gasteiger partial charge in [0, 0.05) is 5.54 Å². The average molecular weight is 465 g/mol. The highest BCUT2D eigenvalue weighted by molar-refractivity contribution is 7.89. The van der Waals surface area contributed by atoms with Gasteiger partial charge in [-0.05, 0) is 50.6 Å². The quantitative estimate of drug-likeness (QED) is 0.544. The molecule has 2 aromatic rings. The fraction of sp³-hybridized carbons (Fsp3) is 0.409. The number of nitrogens with zero attached hydrogens (tertiary/aromatic N) is 1. The molecule has 0 aliphatic carbocycles. The van der Waals surface area contributed by atoms with Gasteiger partial charge in [-0.1, -0.05) is 30.3 Å². The third kappa shape index (κ3) is 6.51. The summed E-state index contributed by atoms with van der Waals surface area (Å²) in [5, 5.41) is 10.8. The van der Waals surface area contributed by atoms with Crippen LogP contribution in [0.2, 0.25) is 0 Å². The van der Waals surface area contributed by atoms with Gasteiger partial charge >= 0.3 is 11.9 Å². The SMILES string of the molecule is CCOC(=O)CN(C(=O)[C@H](CC(=O)O)NS(=O)(=O)c1ccc2ccccc2c1)C(C)(C)C. The Kier molecular flexibility index (Phi) is 7.97. The van der Waals surface area contributed by atoms with Crippen LogP contribution < -0.4 is 4.72 Å². The summed E-state index contributed by atoms with van der Waals surface area (Å²) in [6.45, 7) is 6.24. The number of hydrogen-bond acceptors (Lipinski definition) is 6. The van der Waals surface area contributed by atoms with Gasteiger partial charge in [-0.3, -0.25) is 14.4 Å². The standard InChI is InChI=1S/C22H28N2O7S/c1-5-31-20(27)14-24(22(2,3)4)21(28)18(13-19(25)26)23-32(29,30)17-11-10-15-8-6-7-9-16(15)12-17/h6-12,18,23H,5,13-14H2,1-4H3,(H,25,26)/t18-/m0/s1. The molecule has 9 nitrogen and oxygen atoms in total. The predicted molar refractivity (Wildman–Crippen MR) is 118 cm³/mol. The van der Waals surface area contributed by atoms with Gasteiger partial charge in [-0.2, -0.15) is 4.72 Å². The molecule has 0 bridgehead atoms. The number of sulfonamides is 1. The molecule has 0 aliphatic heterocycles. The number of hydrogen-bond donors (Lipinski definition) is 2. The van der Waals surface area contributed by atoms with Crippen molar-refractivity contribution in [1.29, 1.82) is 0 Å². The van der Waals surface area contributed by atoms with Gasteiger partial charge in [0.1, 0.15) is 12.6 Å². The Morgan fingerprint density at radius 1 is 1.09 bits per heavy atom. The Balaban J connectivity index is 2.38. The summed E-state index contributed by atoms with van der Waals surface area (Å²) in [5.41, 5.74) is -0.894. The lowest BCUT2D eigenvalue weighted by atomic mass is 10.0. The molecule has 0 heterocycles. The van der Waals surface area contributed by atoms with Gasteiger partial charge in [0.25, 0.3) is 0 Å². The largest absolute Gasteiger partial charge is 0.481 e. The number of aliphatic carboxylic acids is 1. The molecule has 0 aliphatic rings. The Morgan fingerprint density at radius 3 is 2.28 bits per heavy atom. The van der Waals surface area contributed by atoms with Crippen molar-refractivity contribution in [3.8, 4) is 0 Å². The van der Waals surface area contributed by atoms with E-state index in [4.69, 9.17) is 4.74 Å². The van der Waals surface area contributed by atoms with Crippen LogP contribution in [-0.4, -0.2) is 61.0 Å². The predicted octanol–water partition coefficient (Wildman–Crippen LogP) is 2.15. The second-order valence-corrected chi connectivity index (χ2v) is 9.89. The number of amides is 1. The molecular formula is C22H28N2O7S. The summed E-state index contributed by atoms with van der Waals surface area (Å²) in [7, 11) is -4.24.